The Hall–Kier alpha value is -1.76. The molecule has 1 rings (SSSR count). The van der Waals surface area contributed by atoms with Crippen LogP contribution in [0.5, 0.6) is 0 Å². The molecule has 0 aliphatic rings. The van der Waals surface area contributed by atoms with Crippen LogP contribution in [0.2, 0.25) is 0 Å². The summed E-state index contributed by atoms with van der Waals surface area (Å²) >= 11 is 1.63. The number of hydrogen-bond donors (Lipinski definition) is 2. The summed E-state index contributed by atoms with van der Waals surface area (Å²) in [4.78, 5) is 22.7. The highest BCUT2D eigenvalue weighted by molar-refractivity contribution is 7.98. The van der Waals surface area contributed by atoms with Crippen molar-refractivity contribution in [3.8, 4) is 0 Å². The molecule has 116 valence electrons. The molecular weight excluding hydrogens is 290 g/mol. The fraction of sp³-hybridized carbons (Fsp3) is 0.500. The minimum absolute atomic E-state index is 0.0180. The predicted octanol–water partition coefficient (Wildman–Crippen LogP) is 2.90. The third-order valence-electron chi connectivity index (χ3n) is 2.82. The first-order valence-electron chi connectivity index (χ1n) is 6.81. The summed E-state index contributed by atoms with van der Waals surface area (Å²) in [6.45, 7) is 4.53. The summed E-state index contributed by atoms with van der Waals surface area (Å²) in [6, 6.07) is 4.53. The number of hydrogen-bond acceptors (Lipinski definition) is 5. The maximum absolute atomic E-state index is 12.1. The topological polar surface area (TPSA) is 84.3 Å². The van der Waals surface area contributed by atoms with E-state index in [9.17, 15) is 14.9 Å². The Morgan fingerprint density at radius 2 is 2.19 bits per heavy atom. The zero-order chi connectivity index (χ0) is 15.8. The Labute approximate surface area is 128 Å². The SMILES string of the molecule is CCCNc1ccc(C(=O)NC(C)CSC)cc1[N+](=O)[O-]. The van der Waals surface area contributed by atoms with Crippen LogP contribution >= 0.6 is 11.8 Å². The number of carbonyl (C=O) groups excluding carboxylic acids is 1. The summed E-state index contributed by atoms with van der Waals surface area (Å²) < 4.78 is 0. The molecule has 0 aromatic heterocycles. The fourth-order valence-corrected chi connectivity index (χ4v) is 2.42. The third-order valence-corrected chi connectivity index (χ3v) is 3.65. The van der Waals surface area contributed by atoms with Crippen LogP contribution in [-0.2, 0) is 0 Å². The summed E-state index contributed by atoms with van der Waals surface area (Å²) in [6.07, 6.45) is 2.83. The molecule has 1 atom stereocenters. The minimum atomic E-state index is -0.472. The van der Waals surface area contributed by atoms with Gasteiger partial charge in [0.1, 0.15) is 5.69 Å². The number of rotatable bonds is 8. The van der Waals surface area contributed by atoms with Gasteiger partial charge >= 0.3 is 0 Å². The van der Waals surface area contributed by atoms with E-state index in [1.54, 1.807) is 23.9 Å². The van der Waals surface area contributed by atoms with Gasteiger partial charge in [0, 0.05) is 30.0 Å². The number of carbonyl (C=O) groups is 1. The van der Waals surface area contributed by atoms with Gasteiger partial charge in [-0.05, 0) is 31.7 Å². The van der Waals surface area contributed by atoms with Crippen molar-refractivity contribution in [2.24, 2.45) is 0 Å². The van der Waals surface area contributed by atoms with Crippen LogP contribution in [0.1, 0.15) is 30.6 Å². The predicted molar refractivity (Wildman–Crippen MR) is 87.2 cm³/mol. The van der Waals surface area contributed by atoms with Gasteiger partial charge in [-0.25, -0.2) is 0 Å². The molecule has 1 unspecified atom stereocenters. The molecule has 0 saturated heterocycles. The van der Waals surface area contributed by atoms with E-state index in [1.165, 1.54) is 6.07 Å². The molecule has 0 aliphatic carbocycles. The highest BCUT2D eigenvalue weighted by Gasteiger charge is 2.18. The van der Waals surface area contributed by atoms with E-state index in [0.717, 1.165) is 12.2 Å². The molecule has 2 N–H and O–H groups in total. The van der Waals surface area contributed by atoms with E-state index in [0.29, 0.717) is 17.8 Å². The lowest BCUT2D eigenvalue weighted by atomic mass is 10.1. The fourth-order valence-electron chi connectivity index (χ4n) is 1.83. The quantitative estimate of drug-likeness (QED) is 0.569. The van der Waals surface area contributed by atoms with Crippen molar-refractivity contribution in [2.75, 3.05) is 23.9 Å². The van der Waals surface area contributed by atoms with Crippen LogP contribution in [0, 0.1) is 10.1 Å². The highest BCUT2D eigenvalue weighted by Crippen LogP contribution is 2.25. The Morgan fingerprint density at radius 3 is 2.76 bits per heavy atom. The second-order valence-corrected chi connectivity index (χ2v) is 5.66. The van der Waals surface area contributed by atoms with Crippen molar-refractivity contribution in [1.82, 2.24) is 5.32 Å². The largest absolute Gasteiger partial charge is 0.380 e. The van der Waals surface area contributed by atoms with Crippen molar-refractivity contribution in [2.45, 2.75) is 26.3 Å². The molecule has 0 fully saturated rings. The Balaban J connectivity index is 2.91. The van der Waals surface area contributed by atoms with Crippen molar-refractivity contribution in [3.63, 3.8) is 0 Å². The van der Waals surface area contributed by atoms with Crippen LogP contribution in [-0.4, -0.2) is 35.4 Å². The van der Waals surface area contributed by atoms with Crippen LogP contribution in [0.25, 0.3) is 0 Å². The van der Waals surface area contributed by atoms with E-state index in [4.69, 9.17) is 0 Å². The third kappa shape index (κ3) is 5.26. The molecule has 1 aromatic carbocycles. The first-order valence-corrected chi connectivity index (χ1v) is 8.21. The van der Waals surface area contributed by atoms with Crippen molar-refractivity contribution in [1.29, 1.82) is 0 Å². The van der Waals surface area contributed by atoms with Crippen LogP contribution in [0.15, 0.2) is 18.2 Å². The molecule has 0 bridgehead atoms. The van der Waals surface area contributed by atoms with Gasteiger partial charge in [-0.2, -0.15) is 11.8 Å². The molecular formula is C14H21N3O3S. The number of amides is 1. The average molecular weight is 311 g/mol. The minimum Gasteiger partial charge on any atom is -0.380 e. The Bertz CT molecular complexity index is 508. The van der Waals surface area contributed by atoms with Gasteiger partial charge in [-0.15, -0.1) is 0 Å². The van der Waals surface area contributed by atoms with Gasteiger partial charge in [0.15, 0.2) is 0 Å². The number of nitro groups is 1. The number of nitro benzene ring substituents is 1. The summed E-state index contributed by atoms with van der Waals surface area (Å²) in [7, 11) is 0. The standard InChI is InChI=1S/C14H21N3O3S/c1-4-7-15-12-6-5-11(8-13(12)17(19)20)14(18)16-10(2)9-21-3/h5-6,8,10,15H,4,7,9H2,1-3H3,(H,16,18). The van der Waals surface area contributed by atoms with Crippen molar-refractivity contribution < 1.29 is 9.72 Å². The summed E-state index contributed by atoms with van der Waals surface area (Å²) in [5.41, 5.74) is 0.667. The smallest absolute Gasteiger partial charge is 0.293 e. The van der Waals surface area contributed by atoms with Crippen LogP contribution in [0.4, 0.5) is 11.4 Å². The lowest BCUT2D eigenvalue weighted by molar-refractivity contribution is -0.384. The van der Waals surface area contributed by atoms with Crippen molar-refractivity contribution in [3.05, 3.63) is 33.9 Å². The first-order chi connectivity index (χ1) is 9.99. The summed E-state index contributed by atoms with van der Waals surface area (Å²) in [5, 5.41) is 16.9. The van der Waals surface area contributed by atoms with Gasteiger partial charge in [-0.1, -0.05) is 6.92 Å². The highest BCUT2D eigenvalue weighted by atomic mass is 32.2. The lowest BCUT2D eigenvalue weighted by Gasteiger charge is -2.13. The molecule has 0 spiro atoms. The van der Waals surface area contributed by atoms with E-state index in [-0.39, 0.29) is 17.6 Å². The molecule has 0 aliphatic heterocycles. The normalized spacial score (nSPS) is 11.8. The zero-order valence-electron chi connectivity index (χ0n) is 12.5. The van der Waals surface area contributed by atoms with Gasteiger partial charge in [0.2, 0.25) is 0 Å². The van der Waals surface area contributed by atoms with E-state index < -0.39 is 4.92 Å². The molecule has 21 heavy (non-hydrogen) atoms. The molecule has 1 amide bonds. The average Bonchev–Trinajstić information content (AvgIpc) is 2.44. The molecule has 1 aromatic rings. The Kier molecular flexibility index (Phi) is 7.01. The van der Waals surface area contributed by atoms with Crippen LogP contribution < -0.4 is 10.6 Å². The monoisotopic (exact) mass is 311 g/mol. The molecule has 0 radical (unpaired) electrons. The summed E-state index contributed by atoms with van der Waals surface area (Å²) in [5.74, 6) is 0.506. The van der Waals surface area contributed by atoms with Gasteiger partial charge in [-0.3, -0.25) is 14.9 Å². The molecule has 0 saturated carbocycles. The number of anilines is 1. The molecule has 7 heteroatoms. The maximum Gasteiger partial charge on any atom is 0.293 e. The number of nitrogens with one attached hydrogen (secondary N) is 2. The number of nitrogens with zero attached hydrogens (tertiary/aromatic N) is 1. The van der Waals surface area contributed by atoms with Crippen LogP contribution in [0.3, 0.4) is 0 Å². The second kappa shape index (κ2) is 8.51. The molecule has 6 nitrogen and oxygen atoms in total. The van der Waals surface area contributed by atoms with Gasteiger partial charge in [0.05, 0.1) is 4.92 Å². The Morgan fingerprint density at radius 1 is 1.48 bits per heavy atom. The lowest BCUT2D eigenvalue weighted by Crippen LogP contribution is -2.34. The zero-order valence-corrected chi connectivity index (χ0v) is 13.3. The van der Waals surface area contributed by atoms with Crippen molar-refractivity contribution >= 4 is 29.0 Å². The van der Waals surface area contributed by atoms with Gasteiger partial charge < -0.3 is 10.6 Å². The number of thioether (sulfide) groups is 1. The number of benzene rings is 1. The maximum atomic E-state index is 12.1. The van der Waals surface area contributed by atoms with Gasteiger partial charge in [0.25, 0.3) is 11.6 Å². The van der Waals surface area contributed by atoms with E-state index in [2.05, 4.69) is 10.6 Å². The molecule has 0 heterocycles. The first kappa shape index (κ1) is 17.3. The van der Waals surface area contributed by atoms with E-state index in [1.807, 2.05) is 20.1 Å². The van der Waals surface area contributed by atoms with E-state index >= 15 is 0 Å². The second-order valence-electron chi connectivity index (χ2n) is 4.75.